The van der Waals surface area contributed by atoms with E-state index in [0.717, 1.165) is 12.0 Å². The first-order chi connectivity index (χ1) is 6.15. The molecule has 1 fully saturated rings. The van der Waals surface area contributed by atoms with E-state index in [1.807, 2.05) is 6.92 Å². The van der Waals surface area contributed by atoms with Crippen LogP contribution in [0.1, 0.15) is 30.9 Å². The molecule has 0 saturated heterocycles. The summed E-state index contributed by atoms with van der Waals surface area (Å²) in [7, 11) is 0. The molecule has 0 unspecified atom stereocenters. The molecule has 0 heterocycles. The molecular formula is C11H13FO. The van der Waals surface area contributed by atoms with Crippen molar-refractivity contribution >= 4 is 0 Å². The van der Waals surface area contributed by atoms with Gasteiger partial charge in [0.15, 0.2) is 0 Å². The van der Waals surface area contributed by atoms with Crippen LogP contribution in [0.3, 0.4) is 0 Å². The Hall–Kier alpha value is -0.890. The van der Waals surface area contributed by atoms with Crippen molar-refractivity contribution in [3.8, 4) is 0 Å². The van der Waals surface area contributed by atoms with E-state index in [0.29, 0.717) is 18.4 Å². The predicted octanol–water partition coefficient (Wildman–Crippen LogP) is 2.37. The SMILES string of the molecule is CCc1ccc(F)c(C2(O)CC2)c1. The van der Waals surface area contributed by atoms with E-state index >= 15 is 0 Å². The minimum atomic E-state index is -0.852. The van der Waals surface area contributed by atoms with Crippen molar-refractivity contribution in [1.29, 1.82) is 0 Å². The van der Waals surface area contributed by atoms with E-state index in [9.17, 15) is 9.50 Å². The van der Waals surface area contributed by atoms with Crippen molar-refractivity contribution < 1.29 is 9.50 Å². The summed E-state index contributed by atoms with van der Waals surface area (Å²) in [6, 6.07) is 5.00. The summed E-state index contributed by atoms with van der Waals surface area (Å²) >= 11 is 0. The summed E-state index contributed by atoms with van der Waals surface area (Å²) in [5.41, 5.74) is 0.707. The van der Waals surface area contributed by atoms with Crippen molar-refractivity contribution in [2.45, 2.75) is 31.8 Å². The number of rotatable bonds is 2. The first-order valence-electron chi connectivity index (χ1n) is 4.67. The maximum Gasteiger partial charge on any atom is 0.129 e. The Bertz CT molecular complexity index is 329. The van der Waals surface area contributed by atoms with Gasteiger partial charge in [-0.15, -0.1) is 0 Å². The molecule has 1 N–H and O–H groups in total. The minimum absolute atomic E-state index is 0.280. The summed E-state index contributed by atoms with van der Waals surface area (Å²) in [5, 5.41) is 9.76. The zero-order chi connectivity index (χ0) is 9.47. The molecule has 70 valence electrons. The fraction of sp³-hybridized carbons (Fsp3) is 0.455. The summed E-state index contributed by atoms with van der Waals surface area (Å²) in [6.07, 6.45) is 2.26. The predicted molar refractivity (Wildman–Crippen MR) is 48.9 cm³/mol. The third-order valence-corrected chi connectivity index (χ3v) is 2.66. The van der Waals surface area contributed by atoms with Crippen molar-refractivity contribution in [3.05, 3.63) is 35.1 Å². The highest BCUT2D eigenvalue weighted by atomic mass is 19.1. The molecule has 2 heteroatoms. The Morgan fingerprint density at radius 2 is 2.15 bits per heavy atom. The normalized spacial score (nSPS) is 18.7. The summed E-state index contributed by atoms with van der Waals surface area (Å²) < 4.78 is 13.3. The van der Waals surface area contributed by atoms with Gasteiger partial charge >= 0.3 is 0 Å². The molecule has 0 radical (unpaired) electrons. The fourth-order valence-electron chi connectivity index (χ4n) is 1.54. The minimum Gasteiger partial charge on any atom is -0.385 e. The standard InChI is InChI=1S/C11H13FO/c1-2-8-3-4-10(12)9(7-8)11(13)5-6-11/h3-4,7,13H,2,5-6H2,1H3. The lowest BCUT2D eigenvalue weighted by atomic mass is 10.0. The third-order valence-electron chi connectivity index (χ3n) is 2.66. The van der Waals surface area contributed by atoms with Crippen LogP contribution in [-0.2, 0) is 12.0 Å². The van der Waals surface area contributed by atoms with E-state index in [2.05, 4.69) is 0 Å². The van der Waals surface area contributed by atoms with Crippen molar-refractivity contribution in [1.82, 2.24) is 0 Å². The smallest absolute Gasteiger partial charge is 0.129 e. The number of benzene rings is 1. The Kier molecular flexibility index (Phi) is 1.88. The lowest BCUT2D eigenvalue weighted by Crippen LogP contribution is -2.07. The van der Waals surface area contributed by atoms with Gasteiger partial charge in [-0.25, -0.2) is 4.39 Å². The Balaban J connectivity index is 2.43. The molecular weight excluding hydrogens is 167 g/mol. The lowest BCUT2D eigenvalue weighted by molar-refractivity contribution is 0.146. The van der Waals surface area contributed by atoms with Gasteiger partial charge in [0.1, 0.15) is 5.82 Å². The highest BCUT2D eigenvalue weighted by Crippen LogP contribution is 2.46. The molecule has 0 aromatic heterocycles. The molecule has 1 aliphatic carbocycles. The number of halogens is 1. The molecule has 1 aromatic rings. The molecule has 0 amide bonds. The second-order valence-corrected chi connectivity index (χ2v) is 3.70. The molecule has 1 aliphatic rings. The summed E-state index contributed by atoms with van der Waals surface area (Å²) in [6.45, 7) is 2.02. The van der Waals surface area contributed by atoms with Gasteiger partial charge in [0, 0.05) is 5.56 Å². The molecule has 0 bridgehead atoms. The summed E-state index contributed by atoms with van der Waals surface area (Å²) in [5.74, 6) is -0.280. The quantitative estimate of drug-likeness (QED) is 0.740. The van der Waals surface area contributed by atoms with Crippen LogP contribution in [0.4, 0.5) is 4.39 Å². The Labute approximate surface area is 77.2 Å². The fourth-order valence-corrected chi connectivity index (χ4v) is 1.54. The maximum atomic E-state index is 13.3. The number of hydrogen-bond donors (Lipinski definition) is 1. The second kappa shape index (κ2) is 2.81. The number of aliphatic hydroxyl groups is 1. The molecule has 0 spiro atoms. The maximum absolute atomic E-state index is 13.3. The van der Waals surface area contributed by atoms with E-state index < -0.39 is 5.60 Å². The van der Waals surface area contributed by atoms with Crippen LogP contribution in [0.15, 0.2) is 18.2 Å². The van der Waals surface area contributed by atoms with Gasteiger partial charge in [0.2, 0.25) is 0 Å². The van der Waals surface area contributed by atoms with Crippen LogP contribution >= 0.6 is 0 Å². The van der Waals surface area contributed by atoms with Gasteiger partial charge < -0.3 is 5.11 Å². The Morgan fingerprint density at radius 3 is 2.69 bits per heavy atom. The van der Waals surface area contributed by atoms with Crippen LogP contribution in [0, 0.1) is 5.82 Å². The van der Waals surface area contributed by atoms with E-state index in [1.54, 1.807) is 12.1 Å². The largest absolute Gasteiger partial charge is 0.385 e. The highest BCUT2D eigenvalue weighted by molar-refractivity contribution is 5.33. The molecule has 0 aliphatic heterocycles. The van der Waals surface area contributed by atoms with Crippen LogP contribution in [-0.4, -0.2) is 5.11 Å². The second-order valence-electron chi connectivity index (χ2n) is 3.70. The zero-order valence-electron chi connectivity index (χ0n) is 7.68. The topological polar surface area (TPSA) is 20.2 Å². The Morgan fingerprint density at radius 1 is 1.46 bits per heavy atom. The van der Waals surface area contributed by atoms with Gasteiger partial charge in [-0.3, -0.25) is 0 Å². The van der Waals surface area contributed by atoms with Crippen LogP contribution in [0.25, 0.3) is 0 Å². The molecule has 1 saturated carbocycles. The van der Waals surface area contributed by atoms with Crippen molar-refractivity contribution in [3.63, 3.8) is 0 Å². The molecule has 1 aromatic carbocycles. The summed E-state index contributed by atoms with van der Waals surface area (Å²) in [4.78, 5) is 0. The average Bonchev–Trinajstić information content (AvgIpc) is 2.86. The van der Waals surface area contributed by atoms with Gasteiger partial charge in [-0.2, -0.15) is 0 Å². The van der Waals surface area contributed by atoms with Crippen molar-refractivity contribution in [2.24, 2.45) is 0 Å². The monoisotopic (exact) mass is 180 g/mol. The van der Waals surface area contributed by atoms with E-state index in [1.165, 1.54) is 6.07 Å². The molecule has 1 nitrogen and oxygen atoms in total. The molecule has 2 rings (SSSR count). The van der Waals surface area contributed by atoms with Crippen LogP contribution < -0.4 is 0 Å². The third kappa shape index (κ3) is 1.46. The number of aryl methyl sites for hydroxylation is 1. The number of hydrogen-bond acceptors (Lipinski definition) is 1. The zero-order valence-corrected chi connectivity index (χ0v) is 7.68. The van der Waals surface area contributed by atoms with E-state index in [-0.39, 0.29) is 5.82 Å². The lowest BCUT2D eigenvalue weighted by Gasteiger charge is -2.10. The van der Waals surface area contributed by atoms with Crippen molar-refractivity contribution in [2.75, 3.05) is 0 Å². The van der Waals surface area contributed by atoms with Crippen LogP contribution in [0.5, 0.6) is 0 Å². The van der Waals surface area contributed by atoms with Gasteiger partial charge in [-0.1, -0.05) is 19.1 Å². The highest BCUT2D eigenvalue weighted by Gasteiger charge is 2.44. The van der Waals surface area contributed by atoms with Gasteiger partial charge in [0.05, 0.1) is 5.60 Å². The van der Waals surface area contributed by atoms with Gasteiger partial charge in [-0.05, 0) is 30.9 Å². The average molecular weight is 180 g/mol. The molecule has 13 heavy (non-hydrogen) atoms. The van der Waals surface area contributed by atoms with Crippen LogP contribution in [0.2, 0.25) is 0 Å². The van der Waals surface area contributed by atoms with Gasteiger partial charge in [0.25, 0.3) is 0 Å². The molecule has 0 atom stereocenters. The first kappa shape index (κ1) is 8.70. The van der Waals surface area contributed by atoms with E-state index in [4.69, 9.17) is 0 Å². The first-order valence-corrected chi connectivity index (χ1v) is 4.67.